The minimum absolute atomic E-state index is 0.0974. The minimum atomic E-state index is 0.0974. The van der Waals surface area contributed by atoms with E-state index in [-0.39, 0.29) is 5.41 Å². The van der Waals surface area contributed by atoms with Crippen molar-refractivity contribution in [3.8, 4) is 11.8 Å². The lowest BCUT2D eigenvalue weighted by atomic mass is 9.73. The number of rotatable bonds is 3. The smallest absolute Gasteiger partial charge is 0.150 e. The third-order valence-electron chi connectivity index (χ3n) is 5.54. The van der Waals surface area contributed by atoms with Gasteiger partial charge in [-0.25, -0.2) is 0 Å². The number of allylic oxidation sites excluding steroid dienone is 2. The van der Waals surface area contributed by atoms with Crippen molar-refractivity contribution in [2.24, 2.45) is 0 Å². The van der Waals surface area contributed by atoms with Gasteiger partial charge in [0, 0.05) is 16.7 Å². The molecule has 0 unspecified atom stereocenters. The fourth-order valence-corrected chi connectivity index (χ4v) is 3.71. The molecule has 0 N–H and O–H groups in total. The Hall–Kier alpha value is -3.63. The number of carbonyl (C=O) groups excluding carboxylic acids is 1. The number of hydrogen-bond donors (Lipinski definition) is 0. The summed E-state index contributed by atoms with van der Waals surface area (Å²) in [5.41, 5.74) is 7.67. The first kappa shape index (κ1) is 19.7. The van der Waals surface area contributed by atoms with Crippen molar-refractivity contribution in [1.29, 1.82) is 0 Å². The van der Waals surface area contributed by atoms with E-state index in [0.29, 0.717) is 5.56 Å². The molecule has 30 heavy (non-hydrogen) atoms. The lowest BCUT2D eigenvalue weighted by Crippen LogP contribution is -2.21. The fraction of sp³-hybridized carbons (Fsp3) is 0.138. The van der Waals surface area contributed by atoms with Crippen LogP contribution in [0.25, 0.3) is 17.7 Å². The molecule has 4 rings (SSSR count). The summed E-state index contributed by atoms with van der Waals surface area (Å²) in [6.07, 6.45) is 8.30. The summed E-state index contributed by atoms with van der Waals surface area (Å²) in [6.45, 7) is 4.57. The maximum Gasteiger partial charge on any atom is 0.150 e. The summed E-state index contributed by atoms with van der Waals surface area (Å²) < 4.78 is 0. The maximum absolute atomic E-state index is 10.8. The molecular weight excluding hydrogens is 364 g/mol. The van der Waals surface area contributed by atoms with E-state index in [0.717, 1.165) is 35.0 Å². The van der Waals surface area contributed by atoms with Gasteiger partial charge in [0.15, 0.2) is 0 Å². The van der Waals surface area contributed by atoms with Crippen LogP contribution in [0.5, 0.6) is 0 Å². The molecule has 0 amide bonds. The highest BCUT2D eigenvalue weighted by molar-refractivity contribution is 5.85. The van der Waals surface area contributed by atoms with Crippen LogP contribution in [0.4, 0.5) is 0 Å². The van der Waals surface area contributed by atoms with Crippen LogP contribution in [-0.2, 0) is 5.41 Å². The van der Waals surface area contributed by atoms with Crippen molar-refractivity contribution >= 4 is 24.0 Å². The molecule has 0 bridgehead atoms. The molecule has 1 heteroatoms. The molecule has 0 saturated heterocycles. The second-order valence-corrected chi connectivity index (χ2v) is 8.24. The molecule has 1 nitrogen and oxygen atoms in total. The van der Waals surface area contributed by atoms with Gasteiger partial charge in [-0.2, -0.15) is 0 Å². The SMILES string of the molecule is CC1(C)CC=C(C#Cc2ccccc2)c2cc(/C=C/c3ccc(C=O)cc3)ccc21. The normalized spacial score (nSPS) is 14.4. The monoisotopic (exact) mass is 388 g/mol. The highest BCUT2D eigenvalue weighted by Crippen LogP contribution is 2.39. The molecule has 3 aromatic rings. The molecule has 0 atom stereocenters. The van der Waals surface area contributed by atoms with Gasteiger partial charge >= 0.3 is 0 Å². The van der Waals surface area contributed by atoms with Crippen molar-refractivity contribution < 1.29 is 4.79 Å². The Labute approximate surface area is 178 Å². The van der Waals surface area contributed by atoms with Crippen LogP contribution in [0.1, 0.15) is 58.4 Å². The van der Waals surface area contributed by atoms with E-state index in [9.17, 15) is 4.79 Å². The summed E-state index contributed by atoms with van der Waals surface area (Å²) >= 11 is 0. The Morgan fingerprint density at radius 2 is 1.47 bits per heavy atom. The zero-order valence-corrected chi connectivity index (χ0v) is 17.4. The van der Waals surface area contributed by atoms with Gasteiger partial charge in [-0.1, -0.05) is 98.5 Å². The molecule has 0 saturated carbocycles. The van der Waals surface area contributed by atoms with Gasteiger partial charge in [-0.15, -0.1) is 0 Å². The average molecular weight is 389 g/mol. The van der Waals surface area contributed by atoms with Crippen molar-refractivity contribution in [2.45, 2.75) is 25.7 Å². The van der Waals surface area contributed by atoms with Crippen LogP contribution in [0.2, 0.25) is 0 Å². The van der Waals surface area contributed by atoms with Crippen molar-refractivity contribution in [3.63, 3.8) is 0 Å². The molecule has 0 fully saturated rings. The molecule has 146 valence electrons. The van der Waals surface area contributed by atoms with Gasteiger partial charge < -0.3 is 0 Å². The summed E-state index contributed by atoms with van der Waals surface area (Å²) in [4.78, 5) is 10.8. The second-order valence-electron chi connectivity index (χ2n) is 8.24. The topological polar surface area (TPSA) is 17.1 Å². The van der Waals surface area contributed by atoms with Gasteiger partial charge in [0.1, 0.15) is 6.29 Å². The van der Waals surface area contributed by atoms with Crippen molar-refractivity contribution in [2.75, 3.05) is 0 Å². The summed E-state index contributed by atoms with van der Waals surface area (Å²) in [7, 11) is 0. The number of benzene rings is 3. The highest BCUT2D eigenvalue weighted by atomic mass is 16.1. The summed E-state index contributed by atoms with van der Waals surface area (Å²) in [5.74, 6) is 6.71. The van der Waals surface area contributed by atoms with Gasteiger partial charge in [0.2, 0.25) is 0 Å². The zero-order valence-electron chi connectivity index (χ0n) is 17.4. The Kier molecular flexibility index (Phi) is 5.50. The van der Waals surface area contributed by atoms with E-state index in [1.54, 1.807) is 0 Å². The van der Waals surface area contributed by atoms with E-state index in [2.05, 4.69) is 62.1 Å². The van der Waals surface area contributed by atoms with Crippen molar-refractivity contribution in [3.05, 3.63) is 112 Å². The van der Waals surface area contributed by atoms with Crippen molar-refractivity contribution in [1.82, 2.24) is 0 Å². The first-order valence-electron chi connectivity index (χ1n) is 10.2. The summed E-state index contributed by atoms with van der Waals surface area (Å²) in [6, 6.07) is 24.3. The lowest BCUT2D eigenvalue weighted by Gasteiger charge is -2.31. The molecule has 1 aliphatic rings. The largest absolute Gasteiger partial charge is 0.298 e. The molecule has 0 heterocycles. The van der Waals surface area contributed by atoms with Crippen LogP contribution >= 0.6 is 0 Å². The average Bonchev–Trinajstić information content (AvgIpc) is 2.78. The third kappa shape index (κ3) is 4.34. The van der Waals surface area contributed by atoms with Crippen LogP contribution in [0, 0.1) is 11.8 Å². The van der Waals surface area contributed by atoms with Crippen LogP contribution in [-0.4, -0.2) is 6.29 Å². The number of carbonyl (C=O) groups is 1. The quantitative estimate of drug-likeness (QED) is 0.274. The number of aldehydes is 1. The van der Waals surface area contributed by atoms with E-state index < -0.39 is 0 Å². The third-order valence-corrected chi connectivity index (χ3v) is 5.54. The highest BCUT2D eigenvalue weighted by Gasteiger charge is 2.27. The Morgan fingerprint density at radius 3 is 2.20 bits per heavy atom. The van der Waals surface area contributed by atoms with E-state index in [1.165, 1.54) is 11.1 Å². The first-order chi connectivity index (χ1) is 14.5. The molecule has 0 aliphatic heterocycles. The molecule has 1 aliphatic carbocycles. The Morgan fingerprint density at radius 1 is 0.800 bits per heavy atom. The zero-order chi connectivity index (χ0) is 21.0. The number of fused-ring (bicyclic) bond motifs is 1. The van der Waals surface area contributed by atoms with Crippen LogP contribution in [0.3, 0.4) is 0 Å². The standard InChI is InChI=1S/C29H24O/c1-29(2)19-18-26(16-14-22-6-4-3-5-7-22)27-20-24(15-17-28(27)29)11-8-23-9-12-25(21-30)13-10-23/h3-13,15,17-18,20-21H,19H2,1-2H3/b11-8+. The van der Waals surface area contributed by atoms with Gasteiger partial charge in [0.25, 0.3) is 0 Å². The predicted octanol–water partition coefficient (Wildman–Crippen LogP) is 6.79. The van der Waals surface area contributed by atoms with E-state index >= 15 is 0 Å². The molecular formula is C29H24O. The van der Waals surface area contributed by atoms with E-state index in [4.69, 9.17) is 0 Å². The lowest BCUT2D eigenvalue weighted by molar-refractivity contribution is 0.112. The minimum Gasteiger partial charge on any atom is -0.298 e. The van der Waals surface area contributed by atoms with Gasteiger partial charge in [-0.3, -0.25) is 4.79 Å². The summed E-state index contributed by atoms with van der Waals surface area (Å²) in [5, 5.41) is 0. The van der Waals surface area contributed by atoms with E-state index in [1.807, 2.05) is 54.6 Å². The predicted molar refractivity (Wildman–Crippen MR) is 126 cm³/mol. The molecule has 0 aromatic heterocycles. The van der Waals surface area contributed by atoms with Gasteiger partial charge in [-0.05, 0) is 52.3 Å². The Balaban J connectivity index is 1.67. The molecule has 3 aromatic carbocycles. The van der Waals surface area contributed by atoms with Crippen LogP contribution < -0.4 is 0 Å². The fourth-order valence-electron chi connectivity index (χ4n) is 3.71. The van der Waals surface area contributed by atoms with Crippen LogP contribution in [0.15, 0.2) is 78.9 Å². The molecule has 0 radical (unpaired) electrons. The maximum atomic E-state index is 10.8. The first-order valence-corrected chi connectivity index (χ1v) is 10.2. The molecule has 0 spiro atoms. The Bertz CT molecular complexity index is 1180. The number of hydrogen-bond acceptors (Lipinski definition) is 1. The van der Waals surface area contributed by atoms with Gasteiger partial charge in [0.05, 0.1) is 0 Å². The second kappa shape index (κ2) is 8.39.